The van der Waals surface area contributed by atoms with Gasteiger partial charge in [0.15, 0.2) is 0 Å². The monoisotopic (exact) mass is 376 g/mol. The van der Waals surface area contributed by atoms with E-state index in [4.69, 9.17) is 21.1 Å². The van der Waals surface area contributed by atoms with E-state index >= 15 is 0 Å². The highest BCUT2D eigenvalue weighted by Gasteiger charge is 2.19. The second kappa shape index (κ2) is 9.12. The van der Waals surface area contributed by atoms with Gasteiger partial charge in [0.1, 0.15) is 24.2 Å². The molecule has 0 aliphatic carbocycles. The zero-order valence-corrected chi connectivity index (χ0v) is 15.7. The first-order valence-corrected chi connectivity index (χ1v) is 9.19. The van der Waals surface area contributed by atoms with Crippen LogP contribution in [0.15, 0.2) is 48.5 Å². The molecule has 140 valence electrons. The number of aliphatic hydroxyl groups is 1. The lowest BCUT2D eigenvalue weighted by Crippen LogP contribution is -2.49. The Bertz CT molecular complexity index is 688. The maximum absolute atomic E-state index is 10.3. The van der Waals surface area contributed by atoms with Crippen molar-refractivity contribution in [2.75, 3.05) is 51.3 Å². The summed E-state index contributed by atoms with van der Waals surface area (Å²) in [4.78, 5) is 4.61. The van der Waals surface area contributed by atoms with E-state index < -0.39 is 6.10 Å². The number of methoxy groups -OCH3 is 1. The third-order valence-corrected chi connectivity index (χ3v) is 4.77. The van der Waals surface area contributed by atoms with Crippen LogP contribution in [0.1, 0.15) is 0 Å². The van der Waals surface area contributed by atoms with Crippen molar-refractivity contribution in [2.45, 2.75) is 6.10 Å². The Balaban J connectivity index is 1.41. The Morgan fingerprint density at radius 1 is 1.04 bits per heavy atom. The van der Waals surface area contributed by atoms with Crippen LogP contribution in [0.4, 0.5) is 5.69 Å². The molecule has 26 heavy (non-hydrogen) atoms. The van der Waals surface area contributed by atoms with E-state index in [2.05, 4.69) is 21.9 Å². The van der Waals surface area contributed by atoms with Gasteiger partial charge in [0.25, 0.3) is 0 Å². The second-order valence-corrected chi connectivity index (χ2v) is 6.84. The first kappa shape index (κ1) is 18.8. The minimum Gasteiger partial charge on any atom is -0.497 e. The minimum absolute atomic E-state index is 0.268. The molecule has 0 amide bonds. The molecule has 5 nitrogen and oxygen atoms in total. The molecule has 6 heteroatoms. The average Bonchev–Trinajstić information content (AvgIpc) is 2.68. The Kier molecular flexibility index (Phi) is 6.61. The van der Waals surface area contributed by atoms with Gasteiger partial charge in [0.2, 0.25) is 0 Å². The number of hydrogen-bond donors (Lipinski definition) is 1. The summed E-state index contributed by atoms with van der Waals surface area (Å²) in [5.74, 6) is 1.45. The number of aliphatic hydroxyl groups excluding tert-OH is 1. The Morgan fingerprint density at radius 2 is 1.73 bits per heavy atom. The molecule has 1 aliphatic rings. The first-order chi connectivity index (χ1) is 12.6. The maximum atomic E-state index is 10.3. The van der Waals surface area contributed by atoms with Crippen molar-refractivity contribution in [3.05, 3.63) is 53.6 Å². The Labute approximate surface area is 159 Å². The van der Waals surface area contributed by atoms with Gasteiger partial charge in [-0.15, -0.1) is 0 Å². The fourth-order valence-electron chi connectivity index (χ4n) is 3.07. The van der Waals surface area contributed by atoms with E-state index in [1.54, 1.807) is 7.11 Å². The standard InChI is InChI=1S/C20H25ClN2O3/c1-25-19-3-2-4-20(13-19)26-15-18(24)14-22-9-11-23(12-10-22)17-7-5-16(21)6-8-17/h2-8,13,18,24H,9-12,14-15H2,1H3/t18-/m0/s1. The molecule has 0 unspecified atom stereocenters. The van der Waals surface area contributed by atoms with Gasteiger partial charge in [-0.3, -0.25) is 4.90 Å². The van der Waals surface area contributed by atoms with E-state index in [1.807, 2.05) is 36.4 Å². The third kappa shape index (κ3) is 5.27. The molecule has 1 N–H and O–H groups in total. The van der Waals surface area contributed by atoms with Crippen LogP contribution in [0.3, 0.4) is 0 Å². The lowest BCUT2D eigenvalue weighted by molar-refractivity contribution is 0.0662. The topological polar surface area (TPSA) is 45.2 Å². The fraction of sp³-hybridized carbons (Fsp3) is 0.400. The van der Waals surface area contributed by atoms with Crippen molar-refractivity contribution in [3.63, 3.8) is 0 Å². The van der Waals surface area contributed by atoms with E-state index in [0.717, 1.165) is 37.0 Å². The average molecular weight is 377 g/mol. The van der Waals surface area contributed by atoms with Gasteiger partial charge in [-0.2, -0.15) is 0 Å². The van der Waals surface area contributed by atoms with Crippen LogP contribution in [0.25, 0.3) is 0 Å². The summed E-state index contributed by atoms with van der Waals surface area (Å²) >= 11 is 5.95. The largest absolute Gasteiger partial charge is 0.497 e. The zero-order chi connectivity index (χ0) is 18.4. The third-order valence-electron chi connectivity index (χ3n) is 4.52. The maximum Gasteiger partial charge on any atom is 0.123 e. The zero-order valence-electron chi connectivity index (χ0n) is 15.0. The molecule has 2 aromatic carbocycles. The summed E-state index contributed by atoms with van der Waals surface area (Å²) in [5, 5.41) is 11.0. The molecule has 1 fully saturated rings. The number of rotatable bonds is 7. The molecule has 0 spiro atoms. The molecule has 0 saturated carbocycles. The van der Waals surface area contributed by atoms with Crippen LogP contribution in [-0.2, 0) is 0 Å². The lowest BCUT2D eigenvalue weighted by Gasteiger charge is -2.36. The summed E-state index contributed by atoms with van der Waals surface area (Å²) in [6.45, 7) is 4.58. The summed E-state index contributed by atoms with van der Waals surface area (Å²) in [6, 6.07) is 15.4. The van der Waals surface area contributed by atoms with Crippen molar-refractivity contribution >= 4 is 17.3 Å². The number of nitrogens with zero attached hydrogens (tertiary/aromatic N) is 2. The number of ether oxygens (including phenoxy) is 2. The minimum atomic E-state index is -0.525. The van der Waals surface area contributed by atoms with Crippen LogP contribution in [0, 0.1) is 0 Å². The second-order valence-electron chi connectivity index (χ2n) is 6.41. The number of anilines is 1. The van der Waals surface area contributed by atoms with Crippen LogP contribution >= 0.6 is 11.6 Å². The quantitative estimate of drug-likeness (QED) is 0.805. The van der Waals surface area contributed by atoms with Crippen molar-refractivity contribution in [2.24, 2.45) is 0 Å². The smallest absolute Gasteiger partial charge is 0.123 e. The molecule has 1 aliphatic heterocycles. The highest BCUT2D eigenvalue weighted by Crippen LogP contribution is 2.20. The molecule has 3 rings (SSSR count). The summed E-state index contributed by atoms with van der Waals surface area (Å²) in [7, 11) is 1.62. The van der Waals surface area contributed by atoms with Gasteiger partial charge in [-0.05, 0) is 36.4 Å². The summed E-state index contributed by atoms with van der Waals surface area (Å²) in [5.41, 5.74) is 1.19. The molecule has 0 radical (unpaired) electrons. The highest BCUT2D eigenvalue weighted by atomic mass is 35.5. The fourth-order valence-corrected chi connectivity index (χ4v) is 3.20. The van der Waals surface area contributed by atoms with Crippen LogP contribution in [0.5, 0.6) is 11.5 Å². The Hall–Kier alpha value is -1.95. The van der Waals surface area contributed by atoms with Crippen molar-refractivity contribution in [3.8, 4) is 11.5 Å². The molecule has 2 aromatic rings. The summed E-state index contributed by atoms with van der Waals surface area (Å²) < 4.78 is 10.8. The van der Waals surface area contributed by atoms with Crippen molar-refractivity contribution in [1.82, 2.24) is 4.90 Å². The molecule has 1 heterocycles. The number of benzene rings is 2. The van der Waals surface area contributed by atoms with Crippen molar-refractivity contribution < 1.29 is 14.6 Å². The number of hydrogen-bond acceptors (Lipinski definition) is 5. The first-order valence-electron chi connectivity index (χ1n) is 8.82. The van der Waals surface area contributed by atoms with Crippen LogP contribution < -0.4 is 14.4 Å². The molecular weight excluding hydrogens is 352 g/mol. The van der Waals surface area contributed by atoms with Gasteiger partial charge >= 0.3 is 0 Å². The predicted octanol–water partition coefficient (Wildman–Crippen LogP) is 2.91. The van der Waals surface area contributed by atoms with Crippen LogP contribution in [0.2, 0.25) is 5.02 Å². The van der Waals surface area contributed by atoms with Gasteiger partial charge < -0.3 is 19.5 Å². The molecular formula is C20H25ClN2O3. The highest BCUT2D eigenvalue weighted by molar-refractivity contribution is 6.30. The van der Waals surface area contributed by atoms with Gasteiger partial charge in [-0.25, -0.2) is 0 Å². The predicted molar refractivity (Wildman–Crippen MR) is 105 cm³/mol. The molecule has 0 aromatic heterocycles. The van der Waals surface area contributed by atoms with Crippen molar-refractivity contribution in [1.29, 1.82) is 0 Å². The SMILES string of the molecule is COc1cccc(OC[C@@H](O)CN2CCN(c3ccc(Cl)cc3)CC2)c1. The van der Waals surface area contributed by atoms with Gasteiger partial charge in [-0.1, -0.05) is 17.7 Å². The normalized spacial score (nSPS) is 16.3. The van der Waals surface area contributed by atoms with Crippen LogP contribution in [-0.4, -0.2) is 62.6 Å². The Morgan fingerprint density at radius 3 is 2.42 bits per heavy atom. The lowest BCUT2D eigenvalue weighted by atomic mass is 10.2. The number of piperazine rings is 1. The van der Waals surface area contributed by atoms with E-state index in [1.165, 1.54) is 5.69 Å². The molecule has 1 atom stereocenters. The van der Waals surface area contributed by atoms with E-state index in [9.17, 15) is 5.11 Å². The number of β-amino-alcohol motifs (C(OH)–C–C–N with tert-alkyl or cyclic N) is 1. The van der Waals surface area contributed by atoms with Gasteiger partial charge in [0, 0.05) is 49.5 Å². The molecule has 1 saturated heterocycles. The summed E-state index contributed by atoms with van der Waals surface area (Å²) in [6.07, 6.45) is -0.525. The molecule has 0 bridgehead atoms. The van der Waals surface area contributed by atoms with Gasteiger partial charge in [0.05, 0.1) is 7.11 Å². The van der Waals surface area contributed by atoms with E-state index in [0.29, 0.717) is 12.3 Å². The van der Waals surface area contributed by atoms with E-state index in [-0.39, 0.29) is 6.61 Å². The number of halogens is 1.